The summed E-state index contributed by atoms with van der Waals surface area (Å²) >= 11 is 3.44. The van der Waals surface area contributed by atoms with Gasteiger partial charge >= 0.3 is 11.9 Å². The van der Waals surface area contributed by atoms with E-state index in [-0.39, 0.29) is 10.5 Å². The van der Waals surface area contributed by atoms with Crippen LogP contribution in [0, 0.1) is 0 Å². The minimum absolute atomic E-state index is 0.152. The molecule has 0 saturated carbocycles. The molecule has 2 fully saturated rings. The van der Waals surface area contributed by atoms with Crippen molar-refractivity contribution in [3.63, 3.8) is 0 Å². The number of carbonyl (C=O) groups is 2. The topological polar surface area (TPSA) is 112 Å². The number of hydrogen-bond acceptors (Lipinski definition) is 8. The molecule has 0 aromatic carbocycles. The van der Waals surface area contributed by atoms with Crippen molar-refractivity contribution in [1.82, 2.24) is 0 Å². The maximum atomic E-state index is 11.0. The molecule has 0 bridgehead atoms. The van der Waals surface area contributed by atoms with E-state index in [0.717, 1.165) is 24.3 Å². The first-order valence-electron chi connectivity index (χ1n) is 9.16. The third kappa shape index (κ3) is 6.93. The monoisotopic (exact) mass is 436 g/mol. The zero-order valence-electron chi connectivity index (χ0n) is 16.1. The van der Waals surface area contributed by atoms with E-state index in [1.165, 1.54) is 13.8 Å². The van der Waals surface area contributed by atoms with Crippen molar-refractivity contribution in [3.8, 4) is 0 Å². The number of carboxylic acids is 2. The van der Waals surface area contributed by atoms with Gasteiger partial charge in [0.2, 0.25) is 0 Å². The Morgan fingerprint density at radius 1 is 0.821 bits per heavy atom. The molecule has 8 nitrogen and oxygen atoms in total. The van der Waals surface area contributed by atoms with Crippen molar-refractivity contribution in [2.75, 3.05) is 37.9 Å². The van der Waals surface area contributed by atoms with Gasteiger partial charge in [0.1, 0.15) is 0 Å². The Morgan fingerprint density at radius 2 is 1.14 bits per heavy atom. The SMILES string of the molecule is CC1(C(=O)O)OCC(SCC/C=C\CCSC2COC(C)(C(=O)O)OC2)CO1. The minimum atomic E-state index is -1.52. The summed E-state index contributed by atoms with van der Waals surface area (Å²) in [5, 5.41) is 18.4. The Balaban J connectivity index is 1.48. The molecule has 0 atom stereocenters. The van der Waals surface area contributed by atoms with Crippen LogP contribution in [0.1, 0.15) is 26.7 Å². The molecule has 2 heterocycles. The lowest BCUT2D eigenvalue weighted by molar-refractivity contribution is -0.255. The molecule has 160 valence electrons. The van der Waals surface area contributed by atoms with Crippen LogP contribution in [-0.4, -0.2) is 82.2 Å². The zero-order chi connectivity index (χ0) is 20.6. The average molecular weight is 437 g/mol. The van der Waals surface area contributed by atoms with E-state index < -0.39 is 23.5 Å². The second kappa shape index (κ2) is 10.8. The number of ether oxygens (including phenoxy) is 4. The summed E-state index contributed by atoms with van der Waals surface area (Å²) in [4.78, 5) is 22.0. The largest absolute Gasteiger partial charge is 0.477 e. The fourth-order valence-corrected chi connectivity index (χ4v) is 4.34. The van der Waals surface area contributed by atoms with Crippen molar-refractivity contribution in [3.05, 3.63) is 12.2 Å². The van der Waals surface area contributed by atoms with Crippen LogP contribution in [0.5, 0.6) is 0 Å². The zero-order valence-corrected chi connectivity index (χ0v) is 17.8. The van der Waals surface area contributed by atoms with E-state index >= 15 is 0 Å². The maximum absolute atomic E-state index is 11.0. The van der Waals surface area contributed by atoms with Gasteiger partial charge < -0.3 is 29.2 Å². The van der Waals surface area contributed by atoms with Crippen LogP contribution >= 0.6 is 23.5 Å². The normalized spacial score (nSPS) is 33.8. The molecule has 10 heteroatoms. The van der Waals surface area contributed by atoms with E-state index in [1.807, 2.05) is 0 Å². The second-order valence-electron chi connectivity index (χ2n) is 6.78. The number of aliphatic carboxylic acids is 2. The van der Waals surface area contributed by atoms with Crippen LogP contribution in [0.15, 0.2) is 12.2 Å². The van der Waals surface area contributed by atoms with Crippen molar-refractivity contribution < 1.29 is 38.7 Å². The molecular weight excluding hydrogens is 408 g/mol. The third-order valence-corrected chi connectivity index (χ3v) is 6.83. The summed E-state index contributed by atoms with van der Waals surface area (Å²) in [6.07, 6.45) is 6.12. The van der Waals surface area contributed by atoms with Crippen LogP contribution < -0.4 is 0 Å². The van der Waals surface area contributed by atoms with Gasteiger partial charge in [0.25, 0.3) is 11.6 Å². The van der Waals surface area contributed by atoms with Gasteiger partial charge in [0.15, 0.2) is 0 Å². The van der Waals surface area contributed by atoms with Crippen molar-refractivity contribution >= 4 is 35.5 Å². The lowest BCUT2D eigenvalue weighted by Crippen LogP contribution is -2.48. The van der Waals surface area contributed by atoms with Gasteiger partial charge in [-0.25, -0.2) is 9.59 Å². The Morgan fingerprint density at radius 3 is 1.43 bits per heavy atom. The molecule has 0 aromatic rings. The van der Waals surface area contributed by atoms with Crippen molar-refractivity contribution in [1.29, 1.82) is 0 Å². The van der Waals surface area contributed by atoms with Crippen LogP contribution in [-0.2, 0) is 28.5 Å². The van der Waals surface area contributed by atoms with Gasteiger partial charge in [-0.05, 0) is 24.3 Å². The van der Waals surface area contributed by atoms with Crippen LogP contribution in [0.2, 0.25) is 0 Å². The predicted molar refractivity (Wildman–Crippen MR) is 107 cm³/mol. The molecule has 2 rings (SSSR count). The molecule has 0 aliphatic carbocycles. The molecule has 0 unspecified atom stereocenters. The first-order chi connectivity index (χ1) is 13.3. The van der Waals surface area contributed by atoms with Gasteiger partial charge in [-0.1, -0.05) is 12.2 Å². The molecule has 0 amide bonds. The standard InChI is InChI=1S/C18H28O8S2/c1-17(15(19)20)23-9-13(10-24-17)27-7-5-3-4-6-8-28-14-11-25-18(2,16(21)22)26-12-14/h3-4,13-14H,5-12H2,1-2H3,(H,19,20)(H,21,22)/b4-3-. The summed E-state index contributed by atoms with van der Waals surface area (Å²) in [6, 6.07) is 0. The Labute approximate surface area is 173 Å². The van der Waals surface area contributed by atoms with E-state index in [0.29, 0.717) is 26.4 Å². The van der Waals surface area contributed by atoms with Gasteiger partial charge in [-0.15, -0.1) is 0 Å². The highest BCUT2D eigenvalue weighted by Crippen LogP contribution is 2.26. The third-order valence-electron chi connectivity index (χ3n) is 4.40. The lowest BCUT2D eigenvalue weighted by Gasteiger charge is -2.34. The summed E-state index contributed by atoms with van der Waals surface area (Å²) in [5.41, 5.74) is 0. The fourth-order valence-electron chi connectivity index (χ4n) is 2.47. The summed E-state index contributed by atoms with van der Waals surface area (Å²) < 4.78 is 21.3. The smallest absolute Gasteiger partial charge is 0.364 e. The number of rotatable bonds is 10. The number of carboxylic acid groups (broad SMARTS) is 2. The fraction of sp³-hybridized carbons (Fsp3) is 0.778. The molecule has 0 aromatic heterocycles. The Kier molecular flexibility index (Phi) is 9.10. The molecule has 0 radical (unpaired) electrons. The predicted octanol–water partition coefficient (Wildman–Crippen LogP) is 2.22. The van der Waals surface area contributed by atoms with E-state index in [9.17, 15) is 9.59 Å². The maximum Gasteiger partial charge on any atom is 0.364 e. The van der Waals surface area contributed by atoms with Crippen molar-refractivity contribution in [2.24, 2.45) is 0 Å². The van der Waals surface area contributed by atoms with Crippen LogP contribution in [0.4, 0.5) is 0 Å². The number of allylic oxidation sites excluding steroid dienone is 2. The van der Waals surface area contributed by atoms with Crippen LogP contribution in [0.25, 0.3) is 0 Å². The molecule has 2 N–H and O–H groups in total. The van der Waals surface area contributed by atoms with Gasteiger partial charge in [-0.2, -0.15) is 23.5 Å². The van der Waals surface area contributed by atoms with E-state index in [2.05, 4.69) is 12.2 Å². The average Bonchev–Trinajstić information content (AvgIpc) is 2.66. The van der Waals surface area contributed by atoms with Gasteiger partial charge in [-0.3, -0.25) is 0 Å². The first-order valence-corrected chi connectivity index (χ1v) is 11.3. The highest BCUT2D eigenvalue weighted by Gasteiger charge is 2.41. The quantitative estimate of drug-likeness (QED) is 0.390. The molecule has 2 aliphatic rings. The summed E-state index contributed by atoms with van der Waals surface area (Å²) in [7, 11) is 0. The number of hydrogen-bond donors (Lipinski definition) is 2. The highest BCUT2D eigenvalue weighted by molar-refractivity contribution is 8.00. The second-order valence-corrected chi connectivity index (χ2v) is 9.60. The van der Waals surface area contributed by atoms with Crippen molar-refractivity contribution in [2.45, 2.75) is 48.8 Å². The number of thioether (sulfide) groups is 2. The van der Waals surface area contributed by atoms with E-state index in [4.69, 9.17) is 29.2 Å². The lowest BCUT2D eigenvalue weighted by atomic mass is 10.3. The van der Waals surface area contributed by atoms with E-state index in [1.54, 1.807) is 23.5 Å². The molecule has 2 saturated heterocycles. The van der Waals surface area contributed by atoms with Crippen LogP contribution in [0.3, 0.4) is 0 Å². The molecule has 0 spiro atoms. The molecule has 28 heavy (non-hydrogen) atoms. The summed E-state index contributed by atoms with van der Waals surface area (Å²) in [6.45, 7) is 4.35. The molecule has 2 aliphatic heterocycles. The first kappa shape index (κ1) is 23.5. The van der Waals surface area contributed by atoms with Gasteiger partial charge in [0, 0.05) is 13.8 Å². The molecular formula is C18H28O8S2. The Hall–Kier alpha value is -0.780. The highest BCUT2D eigenvalue weighted by atomic mass is 32.2. The minimum Gasteiger partial charge on any atom is -0.477 e. The van der Waals surface area contributed by atoms with Gasteiger partial charge in [0.05, 0.1) is 36.9 Å². The summed E-state index contributed by atoms with van der Waals surface area (Å²) in [5.74, 6) is -3.39. The Bertz CT molecular complexity index is 504.